The SMILES string of the molecule is CCCCOc1ccc(-c2cc(N)n[nH]2)cc1. The smallest absolute Gasteiger partial charge is 0.145 e. The monoisotopic (exact) mass is 231 g/mol. The van der Waals surface area contributed by atoms with Crippen molar-refractivity contribution >= 4 is 5.82 Å². The van der Waals surface area contributed by atoms with Crippen molar-refractivity contribution in [2.75, 3.05) is 12.3 Å². The number of hydrogen-bond donors (Lipinski definition) is 2. The van der Waals surface area contributed by atoms with Crippen molar-refractivity contribution in [3.63, 3.8) is 0 Å². The molecule has 0 fully saturated rings. The van der Waals surface area contributed by atoms with Gasteiger partial charge >= 0.3 is 0 Å². The Hall–Kier alpha value is -1.97. The summed E-state index contributed by atoms with van der Waals surface area (Å²) in [4.78, 5) is 0. The maximum absolute atomic E-state index is 5.59. The van der Waals surface area contributed by atoms with Crippen LogP contribution in [-0.4, -0.2) is 16.8 Å². The van der Waals surface area contributed by atoms with E-state index in [1.807, 2.05) is 30.3 Å². The first-order chi connectivity index (χ1) is 8.29. The van der Waals surface area contributed by atoms with Crippen molar-refractivity contribution in [3.8, 4) is 17.0 Å². The standard InChI is InChI=1S/C13H17N3O/c1-2-3-8-17-11-6-4-10(5-7-11)12-9-13(14)16-15-12/h4-7,9H,2-3,8H2,1H3,(H3,14,15,16). The third-order valence-corrected chi connectivity index (χ3v) is 2.53. The van der Waals surface area contributed by atoms with Crippen LogP contribution >= 0.6 is 0 Å². The summed E-state index contributed by atoms with van der Waals surface area (Å²) in [5.74, 6) is 1.40. The molecule has 4 nitrogen and oxygen atoms in total. The van der Waals surface area contributed by atoms with E-state index in [-0.39, 0.29) is 0 Å². The Labute approximate surface area is 101 Å². The van der Waals surface area contributed by atoms with E-state index in [2.05, 4.69) is 17.1 Å². The number of aromatic nitrogens is 2. The van der Waals surface area contributed by atoms with Crippen LogP contribution in [0.4, 0.5) is 5.82 Å². The maximum atomic E-state index is 5.59. The predicted molar refractivity (Wildman–Crippen MR) is 68.8 cm³/mol. The Morgan fingerprint density at radius 2 is 2.06 bits per heavy atom. The largest absolute Gasteiger partial charge is 0.494 e. The number of rotatable bonds is 5. The fourth-order valence-corrected chi connectivity index (χ4v) is 1.55. The van der Waals surface area contributed by atoms with Crippen molar-refractivity contribution in [2.45, 2.75) is 19.8 Å². The number of benzene rings is 1. The molecule has 0 saturated heterocycles. The van der Waals surface area contributed by atoms with E-state index in [1.54, 1.807) is 0 Å². The number of nitrogens with one attached hydrogen (secondary N) is 1. The summed E-state index contributed by atoms with van der Waals surface area (Å²) in [6.07, 6.45) is 2.23. The van der Waals surface area contributed by atoms with E-state index in [9.17, 15) is 0 Å². The highest BCUT2D eigenvalue weighted by Gasteiger charge is 2.01. The lowest BCUT2D eigenvalue weighted by atomic mass is 10.1. The van der Waals surface area contributed by atoms with Gasteiger partial charge in [-0.15, -0.1) is 0 Å². The number of H-pyrrole nitrogens is 1. The summed E-state index contributed by atoms with van der Waals surface area (Å²) in [5.41, 5.74) is 7.53. The second-order valence-corrected chi connectivity index (χ2v) is 3.93. The Morgan fingerprint density at radius 1 is 1.29 bits per heavy atom. The van der Waals surface area contributed by atoms with E-state index in [1.165, 1.54) is 0 Å². The zero-order chi connectivity index (χ0) is 12.1. The number of aromatic amines is 1. The van der Waals surface area contributed by atoms with E-state index in [0.717, 1.165) is 36.5 Å². The Morgan fingerprint density at radius 3 is 2.65 bits per heavy atom. The van der Waals surface area contributed by atoms with Gasteiger partial charge in [-0.1, -0.05) is 13.3 Å². The molecule has 0 aliphatic heterocycles. The zero-order valence-corrected chi connectivity index (χ0v) is 9.94. The maximum Gasteiger partial charge on any atom is 0.145 e. The molecule has 17 heavy (non-hydrogen) atoms. The fraction of sp³-hybridized carbons (Fsp3) is 0.308. The average Bonchev–Trinajstić information content (AvgIpc) is 2.77. The highest BCUT2D eigenvalue weighted by Crippen LogP contribution is 2.21. The molecule has 1 aromatic carbocycles. The van der Waals surface area contributed by atoms with Gasteiger partial charge in [-0.3, -0.25) is 5.10 Å². The second kappa shape index (κ2) is 5.39. The normalized spacial score (nSPS) is 10.4. The van der Waals surface area contributed by atoms with E-state index in [0.29, 0.717) is 5.82 Å². The third-order valence-electron chi connectivity index (χ3n) is 2.53. The van der Waals surface area contributed by atoms with Gasteiger partial charge in [-0.05, 0) is 36.2 Å². The average molecular weight is 231 g/mol. The molecule has 0 spiro atoms. The first kappa shape index (κ1) is 11.5. The van der Waals surface area contributed by atoms with Crippen LogP contribution in [0.25, 0.3) is 11.3 Å². The summed E-state index contributed by atoms with van der Waals surface area (Å²) >= 11 is 0. The van der Waals surface area contributed by atoms with Gasteiger partial charge in [0.05, 0.1) is 12.3 Å². The number of nitrogens with zero attached hydrogens (tertiary/aromatic N) is 1. The molecular formula is C13H17N3O. The van der Waals surface area contributed by atoms with Crippen molar-refractivity contribution in [2.24, 2.45) is 0 Å². The number of nitrogen functional groups attached to an aromatic ring is 1. The van der Waals surface area contributed by atoms with Gasteiger partial charge in [0.25, 0.3) is 0 Å². The number of hydrogen-bond acceptors (Lipinski definition) is 3. The van der Waals surface area contributed by atoms with Gasteiger partial charge in [0.2, 0.25) is 0 Å². The van der Waals surface area contributed by atoms with Gasteiger partial charge in [0, 0.05) is 6.07 Å². The van der Waals surface area contributed by atoms with E-state index >= 15 is 0 Å². The second-order valence-electron chi connectivity index (χ2n) is 3.93. The molecule has 1 heterocycles. The molecule has 0 unspecified atom stereocenters. The van der Waals surface area contributed by atoms with Crippen LogP contribution in [0, 0.1) is 0 Å². The summed E-state index contributed by atoms with van der Waals surface area (Å²) in [7, 11) is 0. The minimum absolute atomic E-state index is 0.503. The molecule has 0 atom stereocenters. The fourth-order valence-electron chi connectivity index (χ4n) is 1.55. The lowest BCUT2D eigenvalue weighted by Crippen LogP contribution is -1.95. The van der Waals surface area contributed by atoms with E-state index < -0.39 is 0 Å². The number of unbranched alkanes of at least 4 members (excludes halogenated alkanes) is 1. The number of anilines is 1. The first-order valence-electron chi connectivity index (χ1n) is 5.83. The highest BCUT2D eigenvalue weighted by atomic mass is 16.5. The molecule has 0 amide bonds. The lowest BCUT2D eigenvalue weighted by molar-refractivity contribution is 0.309. The minimum Gasteiger partial charge on any atom is -0.494 e. The Bertz CT molecular complexity index is 462. The van der Waals surface area contributed by atoms with Gasteiger partial charge in [-0.25, -0.2) is 0 Å². The highest BCUT2D eigenvalue weighted by molar-refractivity contribution is 5.62. The number of nitrogens with two attached hydrogens (primary N) is 1. The molecule has 0 aliphatic carbocycles. The summed E-state index contributed by atoms with van der Waals surface area (Å²) in [5, 5.41) is 6.78. The molecular weight excluding hydrogens is 214 g/mol. The zero-order valence-electron chi connectivity index (χ0n) is 9.94. The van der Waals surface area contributed by atoms with Crippen LogP contribution in [0.2, 0.25) is 0 Å². The van der Waals surface area contributed by atoms with Crippen LogP contribution in [0.1, 0.15) is 19.8 Å². The summed E-state index contributed by atoms with van der Waals surface area (Å²) in [6, 6.07) is 9.72. The van der Waals surface area contributed by atoms with Crippen LogP contribution in [-0.2, 0) is 0 Å². The van der Waals surface area contributed by atoms with Gasteiger partial charge in [0.15, 0.2) is 0 Å². The molecule has 1 aromatic heterocycles. The van der Waals surface area contributed by atoms with Crippen molar-refractivity contribution < 1.29 is 4.74 Å². The summed E-state index contributed by atoms with van der Waals surface area (Å²) in [6.45, 7) is 2.92. The number of ether oxygens (including phenoxy) is 1. The van der Waals surface area contributed by atoms with Crippen LogP contribution in [0.3, 0.4) is 0 Å². The van der Waals surface area contributed by atoms with Gasteiger partial charge < -0.3 is 10.5 Å². The molecule has 90 valence electrons. The Kier molecular flexibility index (Phi) is 3.65. The van der Waals surface area contributed by atoms with E-state index in [4.69, 9.17) is 10.5 Å². The molecule has 0 saturated carbocycles. The third kappa shape index (κ3) is 3.00. The van der Waals surface area contributed by atoms with Crippen LogP contribution in [0.5, 0.6) is 5.75 Å². The van der Waals surface area contributed by atoms with Crippen LogP contribution in [0.15, 0.2) is 30.3 Å². The first-order valence-corrected chi connectivity index (χ1v) is 5.83. The van der Waals surface area contributed by atoms with Gasteiger partial charge in [-0.2, -0.15) is 5.10 Å². The molecule has 2 rings (SSSR count). The van der Waals surface area contributed by atoms with Crippen molar-refractivity contribution in [3.05, 3.63) is 30.3 Å². The topological polar surface area (TPSA) is 63.9 Å². The van der Waals surface area contributed by atoms with Crippen molar-refractivity contribution in [1.82, 2.24) is 10.2 Å². The van der Waals surface area contributed by atoms with Gasteiger partial charge in [0.1, 0.15) is 11.6 Å². The lowest BCUT2D eigenvalue weighted by Gasteiger charge is -2.05. The predicted octanol–water partition coefficient (Wildman–Crippen LogP) is 2.84. The quantitative estimate of drug-likeness (QED) is 0.778. The molecule has 0 radical (unpaired) electrons. The minimum atomic E-state index is 0.503. The molecule has 2 aromatic rings. The molecule has 4 heteroatoms. The molecule has 3 N–H and O–H groups in total. The van der Waals surface area contributed by atoms with Crippen LogP contribution < -0.4 is 10.5 Å². The molecule has 0 bridgehead atoms. The Balaban J connectivity index is 2.02. The molecule has 0 aliphatic rings. The van der Waals surface area contributed by atoms with Crippen molar-refractivity contribution in [1.29, 1.82) is 0 Å². The summed E-state index contributed by atoms with van der Waals surface area (Å²) < 4.78 is 5.59.